The molecular formula is C21H22FN3O. The number of rotatable bonds is 4. The normalized spacial score (nSPS) is 15.3. The van der Waals surface area contributed by atoms with Gasteiger partial charge in [-0.05, 0) is 61.7 Å². The van der Waals surface area contributed by atoms with Crippen molar-refractivity contribution in [3.63, 3.8) is 0 Å². The highest BCUT2D eigenvalue weighted by molar-refractivity contribution is 5.89. The number of nitrogens with one attached hydrogen (secondary N) is 1. The number of carbonyl (C=O) groups excluding carboxylic acids is 1. The number of amides is 2. The van der Waals surface area contributed by atoms with Crippen molar-refractivity contribution >= 4 is 11.7 Å². The zero-order valence-electron chi connectivity index (χ0n) is 14.8. The zero-order chi connectivity index (χ0) is 18.5. The maximum absolute atomic E-state index is 13.1. The van der Waals surface area contributed by atoms with Crippen LogP contribution in [0, 0.1) is 17.1 Å². The van der Waals surface area contributed by atoms with Gasteiger partial charge in [-0.15, -0.1) is 0 Å². The van der Waals surface area contributed by atoms with Gasteiger partial charge in [-0.3, -0.25) is 0 Å². The van der Waals surface area contributed by atoms with Gasteiger partial charge in [0, 0.05) is 11.7 Å². The summed E-state index contributed by atoms with van der Waals surface area (Å²) in [6.45, 7) is 1.99. The minimum Gasteiger partial charge on any atom is -0.315 e. The van der Waals surface area contributed by atoms with Crippen LogP contribution in [0.15, 0.2) is 48.5 Å². The molecule has 0 aliphatic heterocycles. The van der Waals surface area contributed by atoms with Gasteiger partial charge in [-0.1, -0.05) is 25.0 Å². The topological polar surface area (TPSA) is 56.1 Å². The van der Waals surface area contributed by atoms with Gasteiger partial charge in [0.25, 0.3) is 0 Å². The zero-order valence-corrected chi connectivity index (χ0v) is 14.8. The third-order valence-electron chi connectivity index (χ3n) is 4.96. The first kappa shape index (κ1) is 17.9. The smallest absolute Gasteiger partial charge is 0.315 e. The number of benzene rings is 2. The Balaban J connectivity index is 1.85. The first-order chi connectivity index (χ1) is 12.6. The lowest BCUT2D eigenvalue weighted by atomic mass is 10.0. The predicted octanol–water partition coefficient (Wildman–Crippen LogP) is 5.24. The van der Waals surface area contributed by atoms with Gasteiger partial charge in [0.2, 0.25) is 0 Å². The minimum absolute atomic E-state index is 0.160. The van der Waals surface area contributed by atoms with Gasteiger partial charge in [-0.25, -0.2) is 9.18 Å². The molecule has 0 spiro atoms. The predicted molar refractivity (Wildman–Crippen MR) is 99.1 cm³/mol. The van der Waals surface area contributed by atoms with E-state index in [0.717, 1.165) is 31.2 Å². The van der Waals surface area contributed by atoms with Crippen LogP contribution in [0.5, 0.6) is 0 Å². The molecule has 3 rings (SSSR count). The highest BCUT2D eigenvalue weighted by atomic mass is 19.1. The van der Waals surface area contributed by atoms with Crippen molar-refractivity contribution in [2.75, 3.05) is 5.32 Å². The molecule has 1 fully saturated rings. The summed E-state index contributed by atoms with van der Waals surface area (Å²) in [7, 11) is 0. The molecule has 0 heterocycles. The van der Waals surface area contributed by atoms with E-state index in [1.54, 1.807) is 18.2 Å². The average Bonchev–Trinajstić information content (AvgIpc) is 3.18. The second kappa shape index (κ2) is 8.01. The molecule has 134 valence electrons. The van der Waals surface area contributed by atoms with E-state index in [9.17, 15) is 9.18 Å². The maximum Gasteiger partial charge on any atom is 0.322 e. The summed E-state index contributed by atoms with van der Waals surface area (Å²) in [5.74, 6) is -0.336. The van der Waals surface area contributed by atoms with Gasteiger partial charge in [0.15, 0.2) is 0 Å². The Morgan fingerprint density at radius 3 is 2.58 bits per heavy atom. The number of urea groups is 1. The summed E-state index contributed by atoms with van der Waals surface area (Å²) in [5, 5.41) is 12.0. The molecule has 1 atom stereocenters. The van der Waals surface area contributed by atoms with E-state index in [-0.39, 0.29) is 23.9 Å². The molecule has 2 amide bonds. The van der Waals surface area contributed by atoms with E-state index in [1.807, 2.05) is 30.0 Å². The SMILES string of the molecule is C[C@@H](c1cccc(C#N)c1)N(C(=O)Nc1ccc(F)cc1)C1CCCC1. The number of anilines is 1. The van der Waals surface area contributed by atoms with Crippen LogP contribution in [0.25, 0.3) is 0 Å². The summed E-state index contributed by atoms with van der Waals surface area (Å²) < 4.78 is 13.1. The Morgan fingerprint density at radius 1 is 1.23 bits per heavy atom. The Bertz CT molecular complexity index is 807. The number of nitrogens with zero attached hydrogens (tertiary/aromatic N) is 2. The lowest BCUT2D eigenvalue weighted by molar-refractivity contribution is 0.162. The molecule has 1 saturated carbocycles. The Hall–Kier alpha value is -2.87. The van der Waals surface area contributed by atoms with E-state index < -0.39 is 0 Å². The fourth-order valence-electron chi connectivity index (χ4n) is 3.59. The summed E-state index contributed by atoms with van der Waals surface area (Å²) >= 11 is 0. The maximum atomic E-state index is 13.1. The molecule has 0 saturated heterocycles. The van der Waals surface area contributed by atoms with E-state index in [1.165, 1.54) is 12.1 Å². The molecule has 0 radical (unpaired) electrons. The van der Waals surface area contributed by atoms with Crippen LogP contribution in [-0.2, 0) is 0 Å². The third kappa shape index (κ3) is 4.02. The molecule has 4 nitrogen and oxygen atoms in total. The van der Waals surface area contributed by atoms with Crippen molar-refractivity contribution in [3.8, 4) is 6.07 Å². The number of carbonyl (C=O) groups is 1. The molecule has 5 heteroatoms. The fraction of sp³-hybridized carbons (Fsp3) is 0.333. The molecule has 26 heavy (non-hydrogen) atoms. The number of hydrogen-bond acceptors (Lipinski definition) is 2. The fourth-order valence-corrected chi connectivity index (χ4v) is 3.59. The molecule has 1 aliphatic rings. The van der Waals surface area contributed by atoms with Crippen LogP contribution in [0.4, 0.5) is 14.9 Å². The lowest BCUT2D eigenvalue weighted by Crippen LogP contribution is -2.43. The van der Waals surface area contributed by atoms with E-state index in [2.05, 4.69) is 11.4 Å². The molecule has 2 aromatic rings. The van der Waals surface area contributed by atoms with Crippen LogP contribution in [0.2, 0.25) is 0 Å². The molecule has 1 N–H and O–H groups in total. The summed E-state index contributed by atoms with van der Waals surface area (Å²) in [5.41, 5.74) is 2.09. The summed E-state index contributed by atoms with van der Waals surface area (Å²) in [4.78, 5) is 14.9. The van der Waals surface area contributed by atoms with Gasteiger partial charge in [-0.2, -0.15) is 5.26 Å². The van der Waals surface area contributed by atoms with E-state index in [4.69, 9.17) is 5.26 Å². The Morgan fingerprint density at radius 2 is 1.92 bits per heavy atom. The molecule has 2 aromatic carbocycles. The standard InChI is InChI=1S/C21H22FN3O/c1-15(17-6-4-5-16(13-17)14-23)25(20-7-2-3-8-20)21(26)24-19-11-9-18(22)10-12-19/h4-6,9-13,15,20H,2-3,7-8H2,1H3,(H,24,26)/t15-/m0/s1. The van der Waals surface area contributed by atoms with E-state index in [0.29, 0.717) is 11.3 Å². The van der Waals surface area contributed by atoms with Gasteiger partial charge in [0.1, 0.15) is 5.82 Å². The van der Waals surface area contributed by atoms with Crippen molar-refractivity contribution in [2.24, 2.45) is 0 Å². The average molecular weight is 351 g/mol. The Labute approximate surface area is 153 Å². The molecule has 1 aliphatic carbocycles. The van der Waals surface area contributed by atoms with Crippen molar-refractivity contribution in [3.05, 3.63) is 65.5 Å². The van der Waals surface area contributed by atoms with Crippen molar-refractivity contribution in [2.45, 2.75) is 44.7 Å². The highest BCUT2D eigenvalue weighted by Gasteiger charge is 2.31. The van der Waals surface area contributed by atoms with Gasteiger partial charge in [0.05, 0.1) is 17.7 Å². The van der Waals surface area contributed by atoms with Crippen LogP contribution in [-0.4, -0.2) is 17.0 Å². The van der Waals surface area contributed by atoms with Gasteiger partial charge < -0.3 is 10.2 Å². The minimum atomic E-state index is -0.336. The van der Waals surface area contributed by atoms with E-state index >= 15 is 0 Å². The summed E-state index contributed by atoms with van der Waals surface area (Å²) in [6.07, 6.45) is 4.16. The van der Waals surface area contributed by atoms with Crippen LogP contribution in [0.3, 0.4) is 0 Å². The molecule has 0 bridgehead atoms. The highest BCUT2D eigenvalue weighted by Crippen LogP contribution is 2.32. The Kier molecular flexibility index (Phi) is 5.52. The van der Waals surface area contributed by atoms with Crippen molar-refractivity contribution in [1.29, 1.82) is 5.26 Å². The number of hydrogen-bond donors (Lipinski definition) is 1. The van der Waals surface area contributed by atoms with Crippen molar-refractivity contribution in [1.82, 2.24) is 4.90 Å². The van der Waals surface area contributed by atoms with Crippen LogP contribution < -0.4 is 5.32 Å². The second-order valence-corrected chi connectivity index (χ2v) is 6.70. The van der Waals surface area contributed by atoms with Crippen LogP contribution in [0.1, 0.15) is 49.8 Å². The first-order valence-corrected chi connectivity index (χ1v) is 8.93. The third-order valence-corrected chi connectivity index (χ3v) is 4.96. The molecular weight excluding hydrogens is 329 g/mol. The number of nitriles is 1. The van der Waals surface area contributed by atoms with Gasteiger partial charge >= 0.3 is 6.03 Å². The lowest BCUT2D eigenvalue weighted by Gasteiger charge is -2.35. The van der Waals surface area contributed by atoms with Crippen LogP contribution >= 0.6 is 0 Å². The largest absolute Gasteiger partial charge is 0.322 e. The second-order valence-electron chi connectivity index (χ2n) is 6.70. The van der Waals surface area contributed by atoms with Crippen molar-refractivity contribution < 1.29 is 9.18 Å². The number of halogens is 1. The quantitative estimate of drug-likeness (QED) is 0.819. The molecule has 0 unspecified atom stereocenters. The first-order valence-electron chi connectivity index (χ1n) is 8.93. The monoisotopic (exact) mass is 351 g/mol. The summed E-state index contributed by atoms with van der Waals surface area (Å²) in [6, 6.07) is 15.1. The molecule has 0 aromatic heterocycles.